The third kappa shape index (κ3) is 4.77. The number of nitrogens with zero attached hydrogens (tertiary/aromatic N) is 1. The van der Waals surface area contributed by atoms with Crippen LogP contribution in [-0.4, -0.2) is 25.5 Å². The van der Waals surface area contributed by atoms with Crippen molar-refractivity contribution in [3.8, 4) is 0 Å². The zero-order valence-electron chi connectivity index (χ0n) is 16.9. The number of aryl methyl sites for hydroxylation is 1. The standard InChI is InChI=1S/C23H26ClN3O2S/c1-2-16-3-10-20(11-4-16)30(28,29)27-19-8-6-18(7-9-19)26-22-13-14-25-23-15-17(24)5-12-21(22)23/h3-5,10-15,18-19,27H,2,6-9H2,1H3,(H,25,26)/t18-,19+. The number of hydrogen-bond acceptors (Lipinski definition) is 4. The lowest BCUT2D eigenvalue weighted by Crippen LogP contribution is -2.40. The summed E-state index contributed by atoms with van der Waals surface area (Å²) in [6, 6.07) is 15.1. The van der Waals surface area contributed by atoms with Gasteiger partial charge in [-0.25, -0.2) is 13.1 Å². The van der Waals surface area contributed by atoms with E-state index in [2.05, 4.69) is 21.9 Å². The third-order valence-corrected chi connectivity index (χ3v) is 7.53. The molecule has 4 rings (SSSR count). The van der Waals surface area contributed by atoms with Gasteiger partial charge in [0.1, 0.15) is 0 Å². The molecule has 1 heterocycles. The molecule has 1 saturated carbocycles. The van der Waals surface area contributed by atoms with Gasteiger partial charge in [0.2, 0.25) is 10.0 Å². The van der Waals surface area contributed by atoms with Gasteiger partial charge in [0.15, 0.2) is 0 Å². The molecule has 7 heteroatoms. The van der Waals surface area contributed by atoms with E-state index >= 15 is 0 Å². The van der Waals surface area contributed by atoms with Gasteiger partial charge in [-0.3, -0.25) is 4.98 Å². The molecule has 0 saturated heterocycles. The van der Waals surface area contributed by atoms with E-state index in [1.54, 1.807) is 18.3 Å². The number of rotatable bonds is 6. The van der Waals surface area contributed by atoms with Crippen LogP contribution < -0.4 is 10.0 Å². The van der Waals surface area contributed by atoms with Crippen LogP contribution in [0.15, 0.2) is 59.6 Å². The van der Waals surface area contributed by atoms with Crippen molar-refractivity contribution in [1.29, 1.82) is 0 Å². The quantitative estimate of drug-likeness (QED) is 0.552. The van der Waals surface area contributed by atoms with E-state index in [1.807, 2.05) is 36.4 Å². The summed E-state index contributed by atoms with van der Waals surface area (Å²) in [5, 5.41) is 5.32. The molecule has 0 radical (unpaired) electrons. The largest absolute Gasteiger partial charge is 0.382 e. The first-order chi connectivity index (χ1) is 14.4. The van der Waals surface area contributed by atoms with Crippen molar-refractivity contribution in [2.45, 2.75) is 56.0 Å². The fourth-order valence-corrected chi connectivity index (χ4v) is 5.49. The van der Waals surface area contributed by atoms with E-state index in [9.17, 15) is 8.42 Å². The first kappa shape index (κ1) is 21.1. The van der Waals surface area contributed by atoms with Gasteiger partial charge in [-0.15, -0.1) is 0 Å². The minimum Gasteiger partial charge on any atom is -0.382 e. The Morgan fingerprint density at radius 1 is 1.00 bits per heavy atom. The third-order valence-electron chi connectivity index (χ3n) is 5.76. The van der Waals surface area contributed by atoms with Crippen molar-refractivity contribution < 1.29 is 8.42 Å². The summed E-state index contributed by atoms with van der Waals surface area (Å²) in [5.74, 6) is 0. The normalized spacial score (nSPS) is 19.7. The average molecular weight is 444 g/mol. The Morgan fingerprint density at radius 2 is 1.70 bits per heavy atom. The number of anilines is 1. The average Bonchev–Trinajstić information content (AvgIpc) is 2.75. The van der Waals surface area contributed by atoms with Gasteiger partial charge in [0.25, 0.3) is 0 Å². The second kappa shape index (κ2) is 8.92. The van der Waals surface area contributed by atoms with Crippen LogP contribution in [0.1, 0.15) is 38.2 Å². The van der Waals surface area contributed by atoms with Crippen molar-refractivity contribution in [2.24, 2.45) is 0 Å². The molecule has 0 aliphatic heterocycles. The van der Waals surface area contributed by atoms with E-state index in [0.717, 1.165) is 54.3 Å². The van der Waals surface area contributed by atoms with Crippen molar-refractivity contribution in [3.05, 3.63) is 65.3 Å². The van der Waals surface area contributed by atoms with Crippen molar-refractivity contribution in [1.82, 2.24) is 9.71 Å². The Balaban J connectivity index is 1.37. The highest BCUT2D eigenvalue weighted by atomic mass is 35.5. The summed E-state index contributed by atoms with van der Waals surface area (Å²) < 4.78 is 28.3. The summed E-state index contributed by atoms with van der Waals surface area (Å²) >= 11 is 6.07. The topological polar surface area (TPSA) is 71.1 Å². The van der Waals surface area contributed by atoms with Crippen LogP contribution in [0.5, 0.6) is 0 Å². The van der Waals surface area contributed by atoms with E-state index in [0.29, 0.717) is 16.0 Å². The fourth-order valence-electron chi connectivity index (χ4n) is 4.01. The Kier molecular flexibility index (Phi) is 6.27. The molecule has 1 fully saturated rings. The molecule has 0 bridgehead atoms. The zero-order valence-corrected chi connectivity index (χ0v) is 18.5. The minimum atomic E-state index is -3.49. The molecule has 0 amide bonds. The van der Waals surface area contributed by atoms with E-state index in [4.69, 9.17) is 11.6 Å². The molecular weight excluding hydrogens is 418 g/mol. The van der Waals surface area contributed by atoms with Gasteiger partial charge in [-0.05, 0) is 74.1 Å². The number of halogens is 1. The van der Waals surface area contributed by atoms with Crippen LogP contribution in [0.25, 0.3) is 10.9 Å². The van der Waals surface area contributed by atoms with Crippen LogP contribution in [0.4, 0.5) is 5.69 Å². The zero-order chi connectivity index (χ0) is 21.1. The molecule has 30 heavy (non-hydrogen) atoms. The molecule has 0 atom stereocenters. The molecule has 2 aromatic carbocycles. The van der Waals surface area contributed by atoms with E-state index in [-0.39, 0.29) is 6.04 Å². The second-order valence-corrected chi connectivity index (χ2v) is 9.98. The summed E-state index contributed by atoms with van der Waals surface area (Å²) in [7, 11) is -3.49. The van der Waals surface area contributed by atoms with E-state index in [1.165, 1.54) is 0 Å². The van der Waals surface area contributed by atoms with Crippen LogP contribution in [0, 0.1) is 0 Å². The number of sulfonamides is 1. The lowest BCUT2D eigenvalue weighted by Gasteiger charge is -2.30. The Labute approximate surface area is 182 Å². The maximum Gasteiger partial charge on any atom is 0.240 e. The predicted octanol–water partition coefficient (Wildman–Crippen LogP) is 5.15. The molecule has 3 aromatic rings. The highest BCUT2D eigenvalue weighted by molar-refractivity contribution is 7.89. The van der Waals surface area contributed by atoms with Gasteiger partial charge < -0.3 is 5.32 Å². The number of fused-ring (bicyclic) bond motifs is 1. The number of pyridine rings is 1. The lowest BCUT2D eigenvalue weighted by atomic mass is 9.91. The number of nitrogens with one attached hydrogen (secondary N) is 2. The highest BCUT2D eigenvalue weighted by Crippen LogP contribution is 2.28. The maximum atomic E-state index is 12.7. The molecular formula is C23H26ClN3O2S. The minimum absolute atomic E-state index is 0.0353. The second-order valence-electron chi connectivity index (χ2n) is 7.83. The Morgan fingerprint density at radius 3 is 2.40 bits per heavy atom. The fraction of sp³-hybridized carbons (Fsp3) is 0.348. The number of aromatic nitrogens is 1. The number of hydrogen-bond donors (Lipinski definition) is 2. The van der Waals surface area contributed by atoms with Crippen molar-refractivity contribution >= 4 is 38.2 Å². The van der Waals surface area contributed by atoms with Crippen LogP contribution in [0.2, 0.25) is 5.02 Å². The predicted molar refractivity (Wildman–Crippen MR) is 123 cm³/mol. The molecule has 1 aromatic heterocycles. The molecule has 0 unspecified atom stereocenters. The summed E-state index contributed by atoms with van der Waals surface area (Å²) in [6.45, 7) is 2.05. The van der Waals surface area contributed by atoms with Crippen LogP contribution in [0.3, 0.4) is 0 Å². The van der Waals surface area contributed by atoms with E-state index < -0.39 is 10.0 Å². The van der Waals surface area contributed by atoms with Gasteiger partial charge in [0, 0.05) is 34.4 Å². The SMILES string of the molecule is CCc1ccc(S(=O)(=O)N[C@H]2CC[C@@H](Nc3ccnc4cc(Cl)ccc34)CC2)cc1. The molecule has 5 nitrogen and oxygen atoms in total. The van der Waals surface area contributed by atoms with Crippen LogP contribution >= 0.6 is 11.6 Å². The van der Waals surface area contributed by atoms with Crippen LogP contribution in [-0.2, 0) is 16.4 Å². The number of benzene rings is 2. The van der Waals surface area contributed by atoms with Gasteiger partial charge in [-0.2, -0.15) is 0 Å². The van der Waals surface area contributed by atoms with Gasteiger partial charge in [0.05, 0.1) is 10.4 Å². The monoisotopic (exact) mass is 443 g/mol. The molecule has 1 aliphatic carbocycles. The first-order valence-corrected chi connectivity index (χ1v) is 12.2. The summed E-state index contributed by atoms with van der Waals surface area (Å²) in [5.41, 5.74) is 3.03. The Bertz CT molecular complexity index is 1120. The first-order valence-electron chi connectivity index (χ1n) is 10.4. The molecule has 1 aliphatic rings. The maximum absolute atomic E-state index is 12.7. The summed E-state index contributed by atoms with van der Waals surface area (Å²) in [4.78, 5) is 4.72. The Hall–Kier alpha value is -2.15. The van der Waals surface area contributed by atoms with Crippen molar-refractivity contribution in [2.75, 3.05) is 5.32 Å². The smallest absolute Gasteiger partial charge is 0.240 e. The molecule has 158 valence electrons. The van der Waals surface area contributed by atoms with Crippen molar-refractivity contribution in [3.63, 3.8) is 0 Å². The lowest BCUT2D eigenvalue weighted by molar-refractivity contribution is 0.387. The van der Waals surface area contributed by atoms with Gasteiger partial charge >= 0.3 is 0 Å². The summed E-state index contributed by atoms with van der Waals surface area (Å²) in [6.07, 6.45) is 6.09. The highest BCUT2D eigenvalue weighted by Gasteiger charge is 2.26. The van der Waals surface area contributed by atoms with Gasteiger partial charge in [-0.1, -0.05) is 30.7 Å². The molecule has 2 N–H and O–H groups in total. The molecule has 0 spiro atoms.